The molecule has 3 aromatic rings. The fraction of sp³-hybridized carbons (Fsp3) is 0.261. The van der Waals surface area contributed by atoms with Crippen LogP contribution in [0.25, 0.3) is 10.8 Å². The summed E-state index contributed by atoms with van der Waals surface area (Å²) in [5.41, 5.74) is 3.32. The van der Waals surface area contributed by atoms with Gasteiger partial charge in [0.1, 0.15) is 0 Å². The van der Waals surface area contributed by atoms with Crippen molar-refractivity contribution in [1.82, 2.24) is 5.32 Å². The van der Waals surface area contributed by atoms with Gasteiger partial charge in [-0.25, -0.2) is 0 Å². The molecule has 1 amide bonds. The zero-order valence-electron chi connectivity index (χ0n) is 15.4. The molecule has 0 spiro atoms. The number of rotatable bonds is 6. The number of amides is 1. The highest BCUT2D eigenvalue weighted by Gasteiger charge is 2.44. The highest BCUT2D eigenvalue weighted by Crippen LogP contribution is 2.48. The highest BCUT2D eigenvalue weighted by molar-refractivity contribution is 5.96. The molecule has 4 rings (SSSR count). The summed E-state index contributed by atoms with van der Waals surface area (Å²) in [5, 5.41) is 8.95. The van der Waals surface area contributed by atoms with E-state index in [1.54, 1.807) is 0 Å². The van der Waals surface area contributed by atoms with Crippen molar-refractivity contribution in [2.45, 2.75) is 25.8 Å². The molecule has 0 radical (unpaired) electrons. The standard InChI is InChI=1S/C23H24N2O.ClH/c1-2-24-15-19-9-5-6-10-22(19)25-23(26)21-14-20(21)18-12-11-16-7-3-4-8-17(16)13-18;/h3-13,20-21,24H,2,14-15H2,1H3,(H,25,26);1H. The second-order valence-corrected chi connectivity index (χ2v) is 6.98. The molecule has 2 unspecified atom stereocenters. The van der Waals surface area contributed by atoms with Gasteiger partial charge in [0.15, 0.2) is 0 Å². The quantitative estimate of drug-likeness (QED) is 0.623. The summed E-state index contributed by atoms with van der Waals surface area (Å²) in [6.45, 7) is 3.76. The Morgan fingerprint density at radius 3 is 2.56 bits per heavy atom. The zero-order chi connectivity index (χ0) is 17.9. The largest absolute Gasteiger partial charge is 0.326 e. The van der Waals surface area contributed by atoms with Crippen molar-refractivity contribution in [2.24, 2.45) is 5.92 Å². The third-order valence-electron chi connectivity index (χ3n) is 5.17. The monoisotopic (exact) mass is 380 g/mol. The van der Waals surface area contributed by atoms with Crippen LogP contribution >= 0.6 is 12.4 Å². The minimum atomic E-state index is 0. The Morgan fingerprint density at radius 2 is 1.74 bits per heavy atom. The summed E-state index contributed by atoms with van der Waals surface area (Å²) in [7, 11) is 0. The van der Waals surface area contributed by atoms with Crippen LogP contribution in [0.4, 0.5) is 5.69 Å². The molecular weight excluding hydrogens is 356 g/mol. The summed E-state index contributed by atoms with van der Waals surface area (Å²) in [4.78, 5) is 12.7. The van der Waals surface area contributed by atoms with Gasteiger partial charge in [-0.2, -0.15) is 0 Å². The number of carbonyl (C=O) groups is 1. The molecule has 27 heavy (non-hydrogen) atoms. The van der Waals surface area contributed by atoms with Gasteiger partial charge >= 0.3 is 0 Å². The predicted molar refractivity (Wildman–Crippen MR) is 114 cm³/mol. The van der Waals surface area contributed by atoms with Gasteiger partial charge in [0.25, 0.3) is 0 Å². The lowest BCUT2D eigenvalue weighted by Gasteiger charge is -2.11. The maximum atomic E-state index is 12.7. The molecule has 0 aromatic heterocycles. The van der Waals surface area contributed by atoms with Crippen molar-refractivity contribution in [3.8, 4) is 0 Å². The Kier molecular flexibility index (Phi) is 6.15. The van der Waals surface area contributed by atoms with Gasteiger partial charge in [0.2, 0.25) is 5.91 Å². The average molecular weight is 381 g/mol. The number of halogens is 1. The van der Waals surface area contributed by atoms with E-state index in [-0.39, 0.29) is 24.2 Å². The smallest absolute Gasteiger partial charge is 0.228 e. The molecule has 3 nitrogen and oxygen atoms in total. The molecule has 140 valence electrons. The summed E-state index contributed by atoms with van der Waals surface area (Å²) in [6, 6.07) is 22.9. The molecule has 2 N–H and O–H groups in total. The highest BCUT2D eigenvalue weighted by atomic mass is 35.5. The van der Waals surface area contributed by atoms with Crippen LogP contribution < -0.4 is 10.6 Å². The third-order valence-corrected chi connectivity index (χ3v) is 5.17. The summed E-state index contributed by atoms with van der Waals surface area (Å²) >= 11 is 0. The number of fused-ring (bicyclic) bond motifs is 1. The van der Waals surface area contributed by atoms with Crippen molar-refractivity contribution in [1.29, 1.82) is 0 Å². The Balaban J connectivity index is 0.00000210. The van der Waals surface area contributed by atoms with Gasteiger partial charge in [-0.05, 0) is 46.8 Å². The summed E-state index contributed by atoms with van der Waals surface area (Å²) < 4.78 is 0. The SMILES string of the molecule is CCNCc1ccccc1NC(=O)C1CC1c1ccc2ccccc2c1.Cl. The molecule has 0 saturated heterocycles. The van der Waals surface area contributed by atoms with Crippen LogP contribution in [0.3, 0.4) is 0 Å². The molecule has 1 aliphatic rings. The second-order valence-electron chi connectivity index (χ2n) is 6.98. The first kappa shape index (κ1) is 19.4. The lowest BCUT2D eigenvalue weighted by atomic mass is 10.0. The third kappa shape index (κ3) is 4.32. The van der Waals surface area contributed by atoms with Crippen LogP contribution in [0.15, 0.2) is 66.7 Å². The van der Waals surface area contributed by atoms with E-state index in [0.29, 0.717) is 5.92 Å². The van der Waals surface area contributed by atoms with Crippen LogP contribution in [-0.2, 0) is 11.3 Å². The van der Waals surface area contributed by atoms with Crippen LogP contribution in [0, 0.1) is 5.92 Å². The first-order valence-corrected chi connectivity index (χ1v) is 9.34. The minimum absolute atomic E-state index is 0. The number of nitrogens with one attached hydrogen (secondary N) is 2. The number of hydrogen-bond acceptors (Lipinski definition) is 2. The fourth-order valence-electron chi connectivity index (χ4n) is 3.57. The minimum Gasteiger partial charge on any atom is -0.326 e. The van der Waals surface area contributed by atoms with Crippen molar-refractivity contribution in [3.05, 3.63) is 77.9 Å². The van der Waals surface area contributed by atoms with Gasteiger partial charge in [0.05, 0.1) is 0 Å². The van der Waals surface area contributed by atoms with Crippen molar-refractivity contribution >= 4 is 34.8 Å². The van der Waals surface area contributed by atoms with Crippen LogP contribution in [0.1, 0.15) is 30.4 Å². The lowest BCUT2D eigenvalue weighted by Crippen LogP contribution is -2.18. The number of carbonyl (C=O) groups excluding carboxylic acids is 1. The Bertz CT molecular complexity index is 940. The molecule has 1 aliphatic carbocycles. The normalized spacial score (nSPS) is 18.0. The first-order valence-electron chi connectivity index (χ1n) is 9.34. The molecule has 4 heteroatoms. The van der Waals surface area contributed by atoms with E-state index < -0.39 is 0 Å². The van der Waals surface area contributed by atoms with Crippen LogP contribution in [0.5, 0.6) is 0 Å². The van der Waals surface area contributed by atoms with Crippen LogP contribution in [0.2, 0.25) is 0 Å². The average Bonchev–Trinajstić information content (AvgIpc) is 3.48. The van der Waals surface area contributed by atoms with E-state index >= 15 is 0 Å². The lowest BCUT2D eigenvalue weighted by molar-refractivity contribution is -0.117. The van der Waals surface area contributed by atoms with E-state index in [0.717, 1.165) is 30.8 Å². The number of benzene rings is 3. The predicted octanol–water partition coefficient (Wildman–Crippen LogP) is 5.11. The molecule has 0 bridgehead atoms. The number of hydrogen-bond donors (Lipinski definition) is 2. The van der Waals surface area contributed by atoms with E-state index in [9.17, 15) is 4.79 Å². The molecule has 2 atom stereocenters. The van der Waals surface area contributed by atoms with E-state index in [1.807, 2.05) is 18.2 Å². The van der Waals surface area contributed by atoms with Crippen molar-refractivity contribution in [2.75, 3.05) is 11.9 Å². The van der Waals surface area contributed by atoms with Crippen molar-refractivity contribution < 1.29 is 4.79 Å². The molecule has 1 saturated carbocycles. The zero-order valence-corrected chi connectivity index (χ0v) is 16.3. The number of para-hydroxylation sites is 1. The summed E-state index contributed by atoms with van der Waals surface area (Å²) in [5.74, 6) is 0.538. The van der Waals surface area contributed by atoms with E-state index in [2.05, 4.69) is 66.1 Å². The topological polar surface area (TPSA) is 41.1 Å². The van der Waals surface area contributed by atoms with Gasteiger partial charge in [-0.3, -0.25) is 4.79 Å². The summed E-state index contributed by atoms with van der Waals surface area (Å²) in [6.07, 6.45) is 0.930. The molecule has 3 aromatic carbocycles. The second kappa shape index (κ2) is 8.55. The molecule has 0 heterocycles. The molecule has 1 fully saturated rings. The van der Waals surface area contributed by atoms with E-state index in [1.165, 1.54) is 16.3 Å². The maximum absolute atomic E-state index is 12.7. The molecular formula is C23H25ClN2O. The van der Waals surface area contributed by atoms with Gasteiger partial charge in [-0.1, -0.05) is 67.6 Å². The maximum Gasteiger partial charge on any atom is 0.228 e. The fourth-order valence-corrected chi connectivity index (χ4v) is 3.57. The van der Waals surface area contributed by atoms with Gasteiger partial charge < -0.3 is 10.6 Å². The number of anilines is 1. The van der Waals surface area contributed by atoms with E-state index in [4.69, 9.17) is 0 Å². The first-order chi connectivity index (χ1) is 12.8. The van der Waals surface area contributed by atoms with Crippen LogP contribution in [-0.4, -0.2) is 12.5 Å². The van der Waals surface area contributed by atoms with Crippen molar-refractivity contribution in [3.63, 3.8) is 0 Å². The van der Waals surface area contributed by atoms with Gasteiger partial charge in [-0.15, -0.1) is 12.4 Å². The Hall–Kier alpha value is -2.36. The Labute approximate surface area is 166 Å². The molecule has 0 aliphatic heterocycles. The Morgan fingerprint density at radius 1 is 1.00 bits per heavy atom. The van der Waals surface area contributed by atoms with Gasteiger partial charge in [0, 0.05) is 18.2 Å².